The zero-order chi connectivity index (χ0) is 10.6. The average molecular weight is 214 g/mol. The van der Waals surface area contributed by atoms with Crippen LogP contribution in [0.25, 0.3) is 0 Å². The Morgan fingerprint density at radius 1 is 1.57 bits per heavy atom. The van der Waals surface area contributed by atoms with Crippen LogP contribution in [0.4, 0.5) is 0 Å². The fourth-order valence-electron chi connectivity index (χ4n) is 1.38. The molecule has 1 aromatic heterocycles. The van der Waals surface area contributed by atoms with Crippen molar-refractivity contribution in [1.82, 2.24) is 0 Å². The second-order valence-corrected chi connectivity index (χ2v) is 4.57. The lowest BCUT2D eigenvalue weighted by atomic mass is 10.0. The quantitative estimate of drug-likeness (QED) is 0.815. The molecule has 1 rings (SSSR count). The normalized spacial score (nSPS) is 15.1. The smallest absolute Gasteiger partial charge is 0.135 e. The number of methoxy groups -OCH3 is 1. The second-order valence-electron chi connectivity index (χ2n) is 3.62. The summed E-state index contributed by atoms with van der Waals surface area (Å²) in [7, 11) is 1.64. The van der Waals surface area contributed by atoms with E-state index in [9.17, 15) is 5.11 Å². The number of hydrogen-bond acceptors (Lipinski definition) is 3. The van der Waals surface area contributed by atoms with Gasteiger partial charge >= 0.3 is 0 Å². The van der Waals surface area contributed by atoms with Crippen LogP contribution >= 0.6 is 11.3 Å². The molecule has 0 aliphatic heterocycles. The van der Waals surface area contributed by atoms with Crippen molar-refractivity contribution in [3.8, 4) is 5.75 Å². The van der Waals surface area contributed by atoms with Crippen molar-refractivity contribution in [2.24, 2.45) is 5.92 Å². The molecule has 0 amide bonds. The van der Waals surface area contributed by atoms with E-state index in [4.69, 9.17) is 4.74 Å². The minimum atomic E-state index is -0.375. The van der Waals surface area contributed by atoms with Crippen LogP contribution in [0.2, 0.25) is 0 Å². The number of ether oxygens (including phenoxy) is 1. The topological polar surface area (TPSA) is 29.5 Å². The highest BCUT2D eigenvalue weighted by molar-refractivity contribution is 7.10. The zero-order valence-electron chi connectivity index (χ0n) is 8.99. The van der Waals surface area contributed by atoms with Gasteiger partial charge in [0.25, 0.3) is 0 Å². The summed E-state index contributed by atoms with van der Waals surface area (Å²) in [5.74, 6) is 1.36. The molecular formula is C11H18O2S. The molecule has 2 nitrogen and oxygen atoms in total. The lowest BCUT2D eigenvalue weighted by Gasteiger charge is -2.14. The molecule has 1 heterocycles. The third kappa shape index (κ3) is 2.72. The highest BCUT2D eigenvalue weighted by Gasteiger charge is 2.16. The predicted molar refractivity (Wildman–Crippen MR) is 59.9 cm³/mol. The molecule has 0 aliphatic carbocycles. The monoisotopic (exact) mass is 214 g/mol. The molecule has 0 fully saturated rings. The van der Waals surface area contributed by atoms with Gasteiger partial charge < -0.3 is 9.84 Å². The molecule has 2 unspecified atom stereocenters. The molecule has 3 heteroatoms. The Bertz CT molecular complexity index is 270. The van der Waals surface area contributed by atoms with E-state index in [-0.39, 0.29) is 6.10 Å². The largest absolute Gasteiger partial charge is 0.495 e. The molecule has 2 atom stereocenters. The molecule has 0 aromatic carbocycles. The van der Waals surface area contributed by atoms with Crippen LogP contribution in [0.15, 0.2) is 11.4 Å². The maximum absolute atomic E-state index is 9.95. The SMILES string of the molecule is CCC(C)CC(O)c1sccc1OC. The Labute approximate surface area is 89.5 Å². The first-order chi connectivity index (χ1) is 6.69. The van der Waals surface area contributed by atoms with Crippen LogP contribution in [0, 0.1) is 5.92 Å². The standard InChI is InChI=1S/C11H18O2S/c1-4-8(2)7-9(12)11-10(13-3)5-6-14-11/h5-6,8-9,12H,4,7H2,1-3H3. The van der Waals surface area contributed by atoms with Crippen molar-refractivity contribution in [2.45, 2.75) is 32.8 Å². The fraction of sp³-hybridized carbons (Fsp3) is 0.636. The van der Waals surface area contributed by atoms with E-state index in [1.807, 2.05) is 11.4 Å². The summed E-state index contributed by atoms with van der Waals surface area (Å²) < 4.78 is 5.17. The first kappa shape index (κ1) is 11.5. The van der Waals surface area contributed by atoms with Crippen molar-refractivity contribution in [3.05, 3.63) is 16.3 Å². The number of aliphatic hydroxyl groups is 1. The lowest BCUT2D eigenvalue weighted by molar-refractivity contribution is 0.147. The first-order valence-electron chi connectivity index (χ1n) is 4.98. The van der Waals surface area contributed by atoms with Gasteiger partial charge in [-0.3, -0.25) is 0 Å². The van der Waals surface area contributed by atoms with Gasteiger partial charge in [0.15, 0.2) is 0 Å². The molecule has 1 aromatic rings. The van der Waals surface area contributed by atoms with Crippen molar-refractivity contribution >= 4 is 11.3 Å². The van der Waals surface area contributed by atoms with Crippen LogP contribution in [-0.4, -0.2) is 12.2 Å². The average Bonchev–Trinajstić information content (AvgIpc) is 2.65. The fourth-order valence-corrected chi connectivity index (χ4v) is 2.23. The van der Waals surface area contributed by atoms with Gasteiger partial charge in [0.2, 0.25) is 0 Å². The Hall–Kier alpha value is -0.540. The summed E-state index contributed by atoms with van der Waals surface area (Å²) in [4.78, 5) is 0.952. The van der Waals surface area contributed by atoms with Crippen LogP contribution in [-0.2, 0) is 0 Å². The van der Waals surface area contributed by atoms with Crippen LogP contribution in [0.3, 0.4) is 0 Å². The van der Waals surface area contributed by atoms with Crippen LogP contribution in [0.5, 0.6) is 5.75 Å². The first-order valence-corrected chi connectivity index (χ1v) is 5.86. The van der Waals surface area contributed by atoms with Crippen LogP contribution < -0.4 is 4.74 Å². The van der Waals surface area contributed by atoms with Crippen molar-refractivity contribution in [3.63, 3.8) is 0 Å². The molecule has 0 saturated carbocycles. The van der Waals surface area contributed by atoms with E-state index in [1.165, 1.54) is 0 Å². The molecule has 0 radical (unpaired) electrons. The summed E-state index contributed by atoms with van der Waals surface area (Å²) in [6, 6.07) is 1.90. The molecule has 0 spiro atoms. The Morgan fingerprint density at radius 3 is 2.86 bits per heavy atom. The van der Waals surface area contributed by atoms with Gasteiger partial charge in [-0.15, -0.1) is 11.3 Å². The molecule has 1 N–H and O–H groups in total. The number of hydrogen-bond donors (Lipinski definition) is 1. The van der Waals surface area contributed by atoms with Crippen LogP contribution in [0.1, 0.15) is 37.7 Å². The van der Waals surface area contributed by atoms with Gasteiger partial charge in [-0.2, -0.15) is 0 Å². The van der Waals surface area contributed by atoms with Crippen molar-refractivity contribution in [2.75, 3.05) is 7.11 Å². The van der Waals surface area contributed by atoms with E-state index < -0.39 is 0 Å². The third-order valence-corrected chi connectivity index (χ3v) is 3.50. The van der Waals surface area contributed by atoms with Gasteiger partial charge in [-0.25, -0.2) is 0 Å². The minimum Gasteiger partial charge on any atom is -0.495 e. The highest BCUT2D eigenvalue weighted by atomic mass is 32.1. The number of rotatable bonds is 5. The van der Waals surface area contributed by atoms with Crippen molar-refractivity contribution < 1.29 is 9.84 Å². The van der Waals surface area contributed by atoms with Crippen molar-refractivity contribution in [1.29, 1.82) is 0 Å². The maximum Gasteiger partial charge on any atom is 0.135 e. The molecule has 14 heavy (non-hydrogen) atoms. The Morgan fingerprint density at radius 2 is 2.29 bits per heavy atom. The van der Waals surface area contributed by atoms with Gasteiger partial charge in [-0.05, 0) is 23.8 Å². The molecular weight excluding hydrogens is 196 g/mol. The van der Waals surface area contributed by atoms with E-state index >= 15 is 0 Å². The summed E-state index contributed by atoms with van der Waals surface area (Å²) >= 11 is 1.56. The third-order valence-electron chi connectivity index (χ3n) is 2.50. The van der Waals surface area contributed by atoms with Gasteiger partial charge in [0, 0.05) is 0 Å². The maximum atomic E-state index is 9.95. The number of thiophene rings is 1. The predicted octanol–water partition coefficient (Wildman–Crippen LogP) is 3.23. The van der Waals surface area contributed by atoms with Gasteiger partial charge in [-0.1, -0.05) is 20.3 Å². The number of aliphatic hydroxyl groups excluding tert-OH is 1. The van der Waals surface area contributed by atoms with E-state index in [2.05, 4.69) is 13.8 Å². The van der Waals surface area contributed by atoms with Gasteiger partial charge in [0.1, 0.15) is 5.75 Å². The summed E-state index contributed by atoms with van der Waals surface area (Å²) in [5, 5.41) is 11.9. The zero-order valence-corrected chi connectivity index (χ0v) is 9.80. The molecule has 0 bridgehead atoms. The van der Waals surface area contributed by atoms with Gasteiger partial charge in [0.05, 0.1) is 18.1 Å². The highest BCUT2D eigenvalue weighted by Crippen LogP contribution is 2.34. The van der Waals surface area contributed by atoms with E-state index in [1.54, 1.807) is 18.4 Å². The summed E-state index contributed by atoms with van der Waals surface area (Å²) in [5.41, 5.74) is 0. The molecule has 0 saturated heterocycles. The Kier molecular flexibility index (Phi) is 4.42. The minimum absolute atomic E-state index is 0.375. The molecule has 80 valence electrons. The lowest BCUT2D eigenvalue weighted by Crippen LogP contribution is -2.03. The Balaban J connectivity index is 2.64. The van der Waals surface area contributed by atoms with E-state index in [0.29, 0.717) is 5.92 Å². The summed E-state index contributed by atoms with van der Waals surface area (Å²) in [6.07, 6.45) is 1.54. The van der Waals surface area contributed by atoms with E-state index in [0.717, 1.165) is 23.5 Å². The molecule has 0 aliphatic rings. The second kappa shape index (κ2) is 5.37. The summed E-state index contributed by atoms with van der Waals surface area (Å²) in [6.45, 7) is 4.30.